The molecule has 0 atom stereocenters. The first-order chi connectivity index (χ1) is 8.15. The lowest BCUT2D eigenvalue weighted by molar-refractivity contribution is 0.0951. The molecule has 0 aliphatic heterocycles. The van der Waals surface area contributed by atoms with Crippen molar-refractivity contribution >= 4 is 11.6 Å². The number of aryl methyl sites for hydroxylation is 1. The van der Waals surface area contributed by atoms with Crippen molar-refractivity contribution in [1.82, 2.24) is 5.32 Å². The summed E-state index contributed by atoms with van der Waals surface area (Å²) in [7, 11) is 0. The van der Waals surface area contributed by atoms with Crippen LogP contribution in [-0.4, -0.2) is 5.91 Å². The van der Waals surface area contributed by atoms with Crippen LogP contribution in [0.1, 0.15) is 21.5 Å². The normalized spacial score (nSPS) is 10.2. The molecule has 1 aromatic heterocycles. The van der Waals surface area contributed by atoms with E-state index in [9.17, 15) is 4.79 Å². The van der Waals surface area contributed by atoms with Gasteiger partial charge in [0.15, 0.2) is 0 Å². The molecule has 88 valence electrons. The summed E-state index contributed by atoms with van der Waals surface area (Å²) in [6.45, 7) is 2.35. The maximum absolute atomic E-state index is 11.8. The summed E-state index contributed by atoms with van der Waals surface area (Å²) in [5.41, 5.74) is 8.76. The van der Waals surface area contributed by atoms with Crippen LogP contribution in [0, 0.1) is 6.92 Å². The van der Waals surface area contributed by atoms with Gasteiger partial charge >= 0.3 is 0 Å². The molecule has 0 spiro atoms. The highest BCUT2D eigenvalue weighted by atomic mass is 16.3. The number of nitrogens with one attached hydrogen (secondary N) is 1. The van der Waals surface area contributed by atoms with Gasteiger partial charge in [-0.1, -0.05) is 0 Å². The van der Waals surface area contributed by atoms with Crippen LogP contribution in [0.2, 0.25) is 0 Å². The van der Waals surface area contributed by atoms with E-state index < -0.39 is 0 Å². The Morgan fingerprint density at radius 2 is 2.24 bits per heavy atom. The Balaban J connectivity index is 2.04. The predicted octanol–water partition coefficient (Wildman–Crippen LogP) is 2.10. The van der Waals surface area contributed by atoms with Gasteiger partial charge in [0, 0.05) is 23.4 Å². The molecule has 1 aromatic carbocycles. The molecule has 0 aliphatic rings. The van der Waals surface area contributed by atoms with Crippen molar-refractivity contribution in [2.75, 3.05) is 5.73 Å². The number of hydrogen-bond donors (Lipinski definition) is 2. The second-order valence-corrected chi connectivity index (χ2v) is 3.95. The SMILES string of the molecule is Cc1cc(N)cc(C(=O)NCc2ccoc2)c1. The summed E-state index contributed by atoms with van der Waals surface area (Å²) >= 11 is 0. The zero-order chi connectivity index (χ0) is 12.3. The predicted molar refractivity (Wildman–Crippen MR) is 65.5 cm³/mol. The van der Waals surface area contributed by atoms with Gasteiger partial charge in [0.2, 0.25) is 0 Å². The third-order valence-electron chi connectivity index (χ3n) is 2.40. The highest BCUT2D eigenvalue weighted by Crippen LogP contribution is 2.11. The van der Waals surface area contributed by atoms with E-state index in [1.54, 1.807) is 24.7 Å². The Morgan fingerprint density at radius 1 is 1.41 bits per heavy atom. The van der Waals surface area contributed by atoms with E-state index in [1.807, 2.05) is 19.1 Å². The number of rotatable bonds is 3. The van der Waals surface area contributed by atoms with Crippen LogP contribution in [0.25, 0.3) is 0 Å². The number of nitrogen functional groups attached to an aromatic ring is 1. The van der Waals surface area contributed by atoms with Gasteiger partial charge in [-0.05, 0) is 36.8 Å². The van der Waals surface area contributed by atoms with E-state index in [4.69, 9.17) is 10.2 Å². The number of hydrogen-bond acceptors (Lipinski definition) is 3. The number of carbonyl (C=O) groups excluding carboxylic acids is 1. The number of nitrogens with two attached hydrogens (primary N) is 1. The van der Waals surface area contributed by atoms with Crippen molar-refractivity contribution in [2.24, 2.45) is 0 Å². The summed E-state index contributed by atoms with van der Waals surface area (Å²) in [6.07, 6.45) is 3.18. The average molecular weight is 230 g/mol. The minimum Gasteiger partial charge on any atom is -0.472 e. The molecular weight excluding hydrogens is 216 g/mol. The molecule has 0 unspecified atom stereocenters. The summed E-state index contributed by atoms with van der Waals surface area (Å²) in [4.78, 5) is 11.8. The summed E-state index contributed by atoms with van der Waals surface area (Å²) < 4.78 is 4.92. The Morgan fingerprint density at radius 3 is 2.88 bits per heavy atom. The van der Waals surface area contributed by atoms with E-state index in [0.29, 0.717) is 17.8 Å². The topological polar surface area (TPSA) is 68.3 Å². The summed E-state index contributed by atoms with van der Waals surface area (Å²) in [6, 6.07) is 7.11. The van der Waals surface area contributed by atoms with E-state index in [-0.39, 0.29) is 5.91 Å². The van der Waals surface area contributed by atoms with Crippen molar-refractivity contribution in [1.29, 1.82) is 0 Å². The second kappa shape index (κ2) is 4.74. The van der Waals surface area contributed by atoms with Crippen LogP contribution < -0.4 is 11.1 Å². The third-order valence-corrected chi connectivity index (χ3v) is 2.40. The number of carbonyl (C=O) groups is 1. The minimum atomic E-state index is -0.137. The van der Waals surface area contributed by atoms with Crippen molar-refractivity contribution < 1.29 is 9.21 Å². The quantitative estimate of drug-likeness (QED) is 0.793. The first kappa shape index (κ1) is 11.3. The smallest absolute Gasteiger partial charge is 0.251 e. The van der Waals surface area contributed by atoms with Gasteiger partial charge in [0.25, 0.3) is 5.91 Å². The Bertz CT molecular complexity index is 498. The Labute approximate surface area is 99.4 Å². The molecule has 17 heavy (non-hydrogen) atoms. The first-order valence-electron chi connectivity index (χ1n) is 5.31. The molecule has 4 heteroatoms. The van der Waals surface area contributed by atoms with Gasteiger partial charge < -0.3 is 15.5 Å². The molecule has 0 bridgehead atoms. The van der Waals surface area contributed by atoms with Crippen LogP contribution in [0.15, 0.2) is 41.2 Å². The zero-order valence-corrected chi connectivity index (χ0v) is 9.57. The van der Waals surface area contributed by atoms with Crippen molar-refractivity contribution in [3.8, 4) is 0 Å². The maximum Gasteiger partial charge on any atom is 0.251 e. The molecule has 3 N–H and O–H groups in total. The Hall–Kier alpha value is -2.23. The maximum atomic E-state index is 11.8. The third kappa shape index (κ3) is 2.87. The number of benzene rings is 1. The molecule has 1 heterocycles. The molecular formula is C13H14N2O2. The highest BCUT2D eigenvalue weighted by Gasteiger charge is 2.06. The molecule has 4 nitrogen and oxygen atoms in total. The lowest BCUT2D eigenvalue weighted by atomic mass is 10.1. The fourth-order valence-electron chi connectivity index (χ4n) is 1.62. The van der Waals surface area contributed by atoms with Gasteiger partial charge in [0.1, 0.15) is 0 Å². The van der Waals surface area contributed by atoms with Crippen LogP contribution >= 0.6 is 0 Å². The molecule has 0 aliphatic carbocycles. The lowest BCUT2D eigenvalue weighted by Gasteiger charge is -2.05. The standard InChI is InChI=1S/C13H14N2O2/c1-9-4-11(6-12(14)5-9)13(16)15-7-10-2-3-17-8-10/h2-6,8H,7,14H2,1H3,(H,15,16). The van der Waals surface area contributed by atoms with E-state index in [2.05, 4.69) is 5.32 Å². The van der Waals surface area contributed by atoms with Gasteiger partial charge in [-0.25, -0.2) is 0 Å². The van der Waals surface area contributed by atoms with E-state index in [1.165, 1.54) is 0 Å². The molecule has 1 amide bonds. The van der Waals surface area contributed by atoms with Crippen molar-refractivity contribution in [3.63, 3.8) is 0 Å². The van der Waals surface area contributed by atoms with Gasteiger partial charge in [0.05, 0.1) is 12.5 Å². The van der Waals surface area contributed by atoms with E-state index >= 15 is 0 Å². The molecule has 2 aromatic rings. The van der Waals surface area contributed by atoms with Crippen LogP contribution in [0.3, 0.4) is 0 Å². The summed E-state index contributed by atoms with van der Waals surface area (Å²) in [5, 5.41) is 2.80. The first-order valence-corrected chi connectivity index (χ1v) is 5.31. The monoisotopic (exact) mass is 230 g/mol. The summed E-state index contributed by atoms with van der Waals surface area (Å²) in [5.74, 6) is -0.137. The van der Waals surface area contributed by atoms with Crippen LogP contribution in [0.4, 0.5) is 5.69 Å². The molecule has 0 saturated carbocycles. The van der Waals surface area contributed by atoms with Crippen molar-refractivity contribution in [2.45, 2.75) is 13.5 Å². The second-order valence-electron chi connectivity index (χ2n) is 3.95. The number of amides is 1. The molecule has 0 saturated heterocycles. The number of furan rings is 1. The largest absolute Gasteiger partial charge is 0.472 e. The van der Waals surface area contributed by atoms with Gasteiger partial charge in [-0.15, -0.1) is 0 Å². The molecule has 2 rings (SSSR count). The number of anilines is 1. The van der Waals surface area contributed by atoms with Gasteiger partial charge in [-0.2, -0.15) is 0 Å². The minimum absolute atomic E-state index is 0.137. The fraction of sp³-hybridized carbons (Fsp3) is 0.154. The molecule has 0 radical (unpaired) electrons. The van der Waals surface area contributed by atoms with Crippen LogP contribution in [-0.2, 0) is 6.54 Å². The average Bonchev–Trinajstić information content (AvgIpc) is 2.77. The lowest BCUT2D eigenvalue weighted by Crippen LogP contribution is -2.22. The zero-order valence-electron chi connectivity index (χ0n) is 9.57. The van der Waals surface area contributed by atoms with Gasteiger partial charge in [-0.3, -0.25) is 4.79 Å². The van der Waals surface area contributed by atoms with Crippen molar-refractivity contribution in [3.05, 3.63) is 53.5 Å². The Kier molecular flexibility index (Phi) is 3.14. The van der Waals surface area contributed by atoms with Crippen LogP contribution in [0.5, 0.6) is 0 Å². The molecule has 0 fully saturated rings. The fourth-order valence-corrected chi connectivity index (χ4v) is 1.62. The van der Waals surface area contributed by atoms with E-state index in [0.717, 1.165) is 11.1 Å². The highest BCUT2D eigenvalue weighted by molar-refractivity contribution is 5.95.